The Morgan fingerprint density at radius 2 is 1.67 bits per heavy atom. The van der Waals surface area contributed by atoms with Gasteiger partial charge in [-0.05, 0) is 5.92 Å². The first-order chi connectivity index (χ1) is 3.42. The first kappa shape index (κ1) is 13.0. The fourth-order valence-corrected chi connectivity index (χ4v) is 1.02. The Hall–Kier alpha value is 1.40. The van der Waals surface area contributed by atoms with Crippen LogP contribution >= 0.6 is 0 Å². The Morgan fingerprint density at radius 3 is 1.67 bits per heavy atom. The quantitative estimate of drug-likeness (QED) is 0.738. The predicted octanol–water partition coefficient (Wildman–Crippen LogP) is 2.86. The average Bonchev–Trinajstić information content (AvgIpc) is 1.21. The molecule has 0 aliphatic rings. The minimum atomic E-state index is -0.228. The van der Waals surface area contributed by atoms with Gasteiger partial charge in [-0.3, -0.25) is 0 Å². The van der Waals surface area contributed by atoms with Gasteiger partial charge in [0.05, 0.1) is 0 Å². The first-order valence-corrected chi connectivity index (χ1v) is 3.17. The van der Waals surface area contributed by atoms with E-state index >= 15 is 0 Å². The second kappa shape index (κ2) is 5.10. The van der Waals surface area contributed by atoms with Gasteiger partial charge in [0.1, 0.15) is 0 Å². The van der Waals surface area contributed by atoms with Gasteiger partial charge in [-0.25, -0.2) is 0 Å². The van der Waals surface area contributed by atoms with Crippen molar-refractivity contribution in [2.45, 2.75) is 39.7 Å². The van der Waals surface area contributed by atoms with Gasteiger partial charge < -0.3 is 5.73 Å². The van der Waals surface area contributed by atoms with Gasteiger partial charge in [0.25, 0.3) is 0 Å². The zero-order valence-corrected chi connectivity index (χ0v) is 11.6. The van der Waals surface area contributed by atoms with Crippen LogP contribution < -0.4 is 0 Å². The molecule has 0 aromatic rings. The summed E-state index contributed by atoms with van der Waals surface area (Å²) in [5, 5.41) is 0. The molecule has 0 unspecified atom stereocenters. The van der Waals surface area contributed by atoms with Crippen LogP contribution in [0, 0.1) is 50.0 Å². The van der Waals surface area contributed by atoms with Gasteiger partial charge in [-0.1, -0.05) is 34.1 Å². The minimum absolute atomic E-state index is 0. The topological polar surface area (TPSA) is 23.8 Å². The minimum Gasteiger partial charge on any atom is -0.672 e. The summed E-state index contributed by atoms with van der Waals surface area (Å²) < 4.78 is 0. The summed E-state index contributed by atoms with van der Waals surface area (Å²) in [6, 6.07) is 0. The van der Waals surface area contributed by atoms with Crippen LogP contribution in [0.15, 0.2) is 0 Å². The van der Waals surface area contributed by atoms with Gasteiger partial charge in [0.2, 0.25) is 0 Å². The third-order valence-electron chi connectivity index (χ3n) is 0.919. The van der Waals surface area contributed by atoms with Crippen molar-refractivity contribution in [3.8, 4) is 0 Å². The molecule has 0 heterocycles. The number of hydrogen-bond donors (Lipinski definition) is 0. The molecule has 0 saturated heterocycles. The largest absolute Gasteiger partial charge is 0.672 e. The van der Waals surface area contributed by atoms with Gasteiger partial charge in [0, 0.05) is 44.1 Å². The molecule has 0 spiro atoms. The van der Waals surface area contributed by atoms with Crippen molar-refractivity contribution in [3.63, 3.8) is 0 Å². The van der Waals surface area contributed by atoms with E-state index in [1.807, 2.05) is 13.8 Å². The number of rotatable bonds is 2. The molecule has 1 nitrogen and oxygen atoms in total. The van der Waals surface area contributed by atoms with E-state index in [2.05, 4.69) is 13.8 Å². The van der Waals surface area contributed by atoms with Crippen molar-refractivity contribution in [2.24, 2.45) is 5.92 Å². The molecule has 2 heteroatoms. The Bertz CT molecular complexity index is 63.8. The van der Waals surface area contributed by atoms with Crippen LogP contribution in [0.3, 0.4) is 0 Å². The molecule has 0 atom stereocenters. The maximum absolute atomic E-state index is 7.46. The summed E-state index contributed by atoms with van der Waals surface area (Å²) >= 11 is 0. The summed E-state index contributed by atoms with van der Waals surface area (Å²) in [4.78, 5) is 0. The molecule has 0 fully saturated rings. The summed E-state index contributed by atoms with van der Waals surface area (Å²) in [7, 11) is 0. The molecule has 0 aliphatic heterocycles. The molecule has 1 radical (unpaired) electrons. The molecule has 0 saturated carbocycles. The Kier molecular flexibility index (Phi) is 7.39. The molecule has 53 valence electrons. The Morgan fingerprint density at radius 1 is 1.33 bits per heavy atom. The van der Waals surface area contributed by atoms with Crippen LogP contribution in [-0.2, 0) is 0 Å². The maximum atomic E-state index is 7.46. The smallest absolute Gasteiger partial charge is 0 e. The second-order valence-electron chi connectivity index (χ2n) is 3.48. The summed E-state index contributed by atoms with van der Waals surface area (Å²) in [5.41, 5.74) is 7.23. The fraction of sp³-hybridized carbons (Fsp3) is 1.00. The van der Waals surface area contributed by atoms with E-state index in [1.165, 1.54) is 0 Å². The third kappa shape index (κ3) is 12.6. The van der Waals surface area contributed by atoms with Gasteiger partial charge >= 0.3 is 0 Å². The first-order valence-electron chi connectivity index (χ1n) is 3.17. The van der Waals surface area contributed by atoms with Crippen molar-refractivity contribution in [2.75, 3.05) is 0 Å². The zero-order valence-electron chi connectivity index (χ0n) is 6.86. The van der Waals surface area contributed by atoms with Crippen LogP contribution in [0.1, 0.15) is 34.1 Å². The molecule has 9 heavy (non-hydrogen) atoms. The van der Waals surface area contributed by atoms with Crippen LogP contribution in [0.4, 0.5) is 0 Å². The molecular weight excluding hydrogens is 325 g/mol. The van der Waals surface area contributed by atoms with E-state index in [1.54, 1.807) is 0 Å². The van der Waals surface area contributed by atoms with E-state index in [0.29, 0.717) is 5.92 Å². The fourth-order valence-electron chi connectivity index (χ4n) is 1.02. The van der Waals surface area contributed by atoms with E-state index in [0.717, 1.165) is 6.42 Å². The van der Waals surface area contributed by atoms with Crippen molar-refractivity contribution in [1.82, 2.24) is 0 Å². The van der Waals surface area contributed by atoms with Crippen LogP contribution in [0.5, 0.6) is 0 Å². The third-order valence-corrected chi connectivity index (χ3v) is 0.919. The van der Waals surface area contributed by atoms with Crippen molar-refractivity contribution in [3.05, 3.63) is 5.73 Å². The van der Waals surface area contributed by atoms with Crippen molar-refractivity contribution in [1.29, 1.82) is 0 Å². The molecule has 0 amide bonds. The Balaban J connectivity index is 0. The molecule has 0 aromatic carbocycles. The standard InChI is InChI=1S/C7H16N.Ac/c1-6(2)5-7(3,4)8;/h6,8H,5H2,1-4H3;/q-1;. The van der Waals surface area contributed by atoms with Gasteiger partial charge in [-0.2, -0.15) is 0 Å². The van der Waals surface area contributed by atoms with Crippen LogP contribution in [0.2, 0.25) is 0 Å². The predicted molar refractivity (Wildman–Crippen MR) is 37.9 cm³/mol. The number of hydrogen-bond acceptors (Lipinski definition) is 0. The maximum Gasteiger partial charge on any atom is 0 e. The molecule has 0 aromatic heterocycles. The van der Waals surface area contributed by atoms with Crippen LogP contribution in [0.25, 0.3) is 5.73 Å². The van der Waals surface area contributed by atoms with Crippen LogP contribution in [-0.4, -0.2) is 5.54 Å². The normalized spacial score (nSPS) is 11.3. The number of nitrogens with one attached hydrogen (secondary N) is 1. The van der Waals surface area contributed by atoms with E-state index in [-0.39, 0.29) is 49.6 Å². The Labute approximate surface area is 94.3 Å². The van der Waals surface area contributed by atoms with E-state index in [4.69, 9.17) is 5.73 Å². The molecular formula is C7H16AcN-. The molecule has 1 N–H and O–H groups in total. The summed E-state index contributed by atoms with van der Waals surface area (Å²) in [6.07, 6.45) is 0.993. The second-order valence-corrected chi connectivity index (χ2v) is 3.48. The van der Waals surface area contributed by atoms with E-state index in [9.17, 15) is 0 Å². The van der Waals surface area contributed by atoms with Gasteiger partial charge in [-0.15, -0.1) is 5.54 Å². The molecule has 0 bridgehead atoms. The summed E-state index contributed by atoms with van der Waals surface area (Å²) in [6.45, 7) is 8.20. The molecule has 0 rings (SSSR count). The van der Waals surface area contributed by atoms with Crippen molar-refractivity contribution >= 4 is 0 Å². The van der Waals surface area contributed by atoms with E-state index < -0.39 is 0 Å². The zero-order chi connectivity index (χ0) is 6.78. The SMILES string of the molecule is CC(C)CC(C)(C)[NH-].[Ac]. The monoisotopic (exact) mass is 341 g/mol. The van der Waals surface area contributed by atoms with Crippen molar-refractivity contribution < 1.29 is 44.1 Å². The average molecular weight is 341 g/mol. The summed E-state index contributed by atoms with van der Waals surface area (Å²) in [5.74, 6) is 0.655. The van der Waals surface area contributed by atoms with Gasteiger partial charge in [0.15, 0.2) is 0 Å². The molecule has 0 aliphatic carbocycles.